The van der Waals surface area contributed by atoms with Gasteiger partial charge in [0, 0.05) is 24.3 Å². The van der Waals surface area contributed by atoms with E-state index in [0.29, 0.717) is 5.75 Å². The van der Waals surface area contributed by atoms with Gasteiger partial charge in [-0.25, -0.2) is 15.0 Å². The number of halogens is 1. The zero-order valence-corrected chi connectivity index (χ0v) is 9.24. The number of hydrogen-bond donors (Lipinski definition) is 0. The lowest BCUT2D eigenvalue weighted by Gasteiger charge is -1.99. The molecule has 2 heterocycles. The molecule has 0 aliphatic carbocycles. The summed E-state index contributed by atoms with van der Waals surface area (Å²) in [6.07, 6.45) is 6.66. The quantitative estimate of drug-likeness (QED) is 0.606. The molecule has 0 aromatic carbocycles. The molecule has 0 fully saturated rings. The van der Waals surface area contributed by atoms with Gasteiger partial charge in [-0.05, 0) is 17.7 Å². The van der Waals surface area contributed by atoms with Gasteiger partial charge < -0.3 is 0 Å². The van der Waals surface area contributed by atoms with Crippen molar-refractivity contribution < 1.29 is 0 Å². The second kappa shape index (κ2) is 5.04. The Labute approximate surface area is 96.2 Å². The van der Waals surface area contributed by atoms with Gasteiger partial charge in [-0.15, -0.1) is 0 Å². The molecule has 0 aliphatic rings. The molecule has 2 aromatic heterocycles. The van der Waals surface area contributed by atoms with Gasteiger partial charge in [0.2, 0.25) is 5.28 Å². The second-order valence-electron chi connectivity index (χ2n) is 2.65. The first-order valence-corrected chi connectivity index (χ1v) is 5.57. The third-order valence-corrected chi connectivity index (χ3v) is 2.72. The third kappa shape index (κ3) is 3.14. The average molecular weight is 239 g/mol. The molecule has 0 aliphatic heterocycles. The van der Waals surface area contributed by atoms with E-state index in [1.165, 1.54) is 0 Å². The Kier molecular flexibility index (Phi) is 3.47. The van der Waals surface area contributed by atoms with Crippen molar-refractivity contribution in [1.82, 2.24) is 19.9 Å². The highest BCUT2D eigenvalue weighted by molar-refractivity contribution is 7.98. The van der Waals surface area contributed by atoms with Gasteiger partial charge >= 0.3 is 0 Å². The minimum Gasteiger partial charge on any atom is -0.260 e. The molecule has 0 N–H and O–H groups in total. The molecular weight excluding hydrogens is 232 g/mol. The van der Waals surface area contributed by atoms with Gasteiger partial charge in [0.05, 0.1) is 11.9 Å². The normalized spacial score (nSPS) is 10.2. The molecule has 2 rings (SSSR count). The second-order valence-corrected chi connectivity index (χ2v) is 3.98. The van der Waals surface area contributed by atoms with Crippen LogP contribution in [-0.4, -0.2) is 19.9 Å². The molecule has 0 saturated heterocycles. The van der Waals surface area contributed by atoms with Crippen LogP contribution in [0.1, 0.15) is 5.69 Å². The predicted molar refractivity (Wildman–Crippen MR) is 58.6 cm³/mol. The molecule has 0 amide bonds. The van der Waals surface area contributed by atoms with E-state index in [1.54, 1.807) is 36.5 Å². The summed E-state index contributed by atoms with van der Waals surface area (Å²) in [5.41, 5.74) is 0.880. The SMILES string of the molecule is Clc1nccc(CSc2cnccn2)n1. The van der Waals surface area contributed by atoms with Crippen LogP contribution < -0.4 is 0 Å². The van der Waals surface area contributed by atoms with Crippen molar-refractivity contribution in [3.63, 3.8) is 0 Å². The van der Waals surface area contributed by atoms with Crippen LogP contribution in [0.3, 0.4) is 0 Å². The Hall–Kier alpha value is -1.20. The first-order valence-electron chi connectivity index (χ1n) is 4.21. The summed E-state index contributed by atoms with van der Waals surface area (Å²) in [6.45, 7) is 0. The maximum absolute atomic E-state index is 5.67. The molecular formula is C9H7ClN4S. The summed E-state index contributed by atoms with van der Waals surface area (Å²) in [6, 6.07) is 1.83. The largest absolute Gasteiger partial charge is 0.260 e. The van der Waals surface area contributed by atoms with Crippen molar-refractivity contribution in [2.45, 2.75) is 10.8 Å². The molecule has 2 aromatic rings. The fourth-order valence-electron chi connectivity index (χ4n) is 0.958. The van der Waals surface area contributed by atoms with Crippen LogP contribution in [0.25, 0.3) is 0 Å². The van der Waals surface area contributed by atoms with Crippen LogP contribution in [-0.2, 0) is 5.75 Å². The number of hydrogen-bond acceptors (Lipinski definition) is 5. The molecule has 0 radical (unpaired) electrons. The van der Waals surface area contributed by atoms with Crippen LogP contribution >= 0.6 is 23.4 Å². The first kappa shape index (κ1) is 10.3. The number of aromatic nitrogens is 4. The lowest BCUT2D eigenvalue weighted by Crippen LogP contribution is -1.90. The third-order valence-electron chi connectivity index (χ3n) is 1.59. The van der Waals surface area contributed by atoms with E-state index in [1.807, 2.05) is 6.07 Å². The fourth-order valence-corrected chi connectivity index (χ4v) is 1.85. The van der Waals surface area contributed by atoms with E-state index in [-0.39, 0.29) is 5.28 Å². The highest BCUT2D eigenvalue weighted by atomic mass is 35.5. The van der Waals surface area contributed by atoms with Crippen molar-refractivity contribution >= 4 is 23.4 Å². The number of rotatable bonds is 3. The number of nitrogens with zero attached hydrogens (tertiary/aromatic N) is 4. The zero-order chi connectivity index (χ0) is 10.5. The average Bonchev–Trinajstić information content (AvgIpc) is 2.28. The highest BCUT2D eigenvalue weighted by Crippen LogP contribution is 2.18. The summed E-state index contributed by atoms with van der Waals surface area (Å²) in [5, 5.41) is 1.14. The Balaban J connectivity index is 1.99. The summed E-state index contributed by atoms with van der Waals surface area (Å²) < 4.78 is 0. The van der Waals surface area contributed by atoms with Crippen LogP contribution in [0.4, 0.5) is 0 Å². The van der Waals surface area contributed by atoms with Crippen molar-refractivity contribution in [1.29, 1.82) is 0 Å². The lowest BCUT2D eigenvalue weighted by atomic mass is 10.5. The zero-order valence-electron chi connectivity index (χ0n) is 7.67. The molecule has 76 valence electrons. The highest BCUT2D eigenvalue weighted by Gasteiger charge is 1.99. The Morgan fingerprint density at radius 3 is 2.87 bits per heavy atom. The van der Waals surface area contributed by atoms with Gasteiger partial charge in [-0.3, -0.25) is 4.98 Å². The summed E-state index contributed by atoms with van der Waals surface area (Å²) in [4.78, 5) is 16.0. The van der Waals surface area contributed by atoms with Gasteiger partial charge in [0.25, 0.3) is 0 Å². The standard InChI is InChI=1S/C9H7ClN4S/c10-9-13-2-1-7(14-9)6-15-8-5-11-3-4-12-8/h1-5H,6H2. The van der Waals surface area contributed by atoms with Crippen LogP contribution in [0.5, 0.6) is 0 Å². The van der Waals surface area contributed by atoms with Crippen LogP contribution in [0.15, 0.2) is 35.9 Å². The van der Waals surface area contributed by atoms with Gasteiger partial charge in [-0.2, -0.15) is 0 Å². The molecule has 0 bridgehead atoms. The van der Waals surface area contributed by atoms with E-state index in [2.05, 4.69) is 19.9 Å². The van der Waals surface area contributed by atoms with E-state index in [4.69, 9.17) is 11.6 Å². The Morgan fingerprint density at radius 1 is 1.20 bits per heavy atom. The van der Waals surface area contributed by atoms with Crippen molar-refractivity contribution in [3.05, 3.63) is 41.8 Å². The van der Waals surface area contributed by atoms with Crippen LogP contribution in [0, 0.1) is 0 Å². The maximum Gasteiger partial charge on any atom is 0.222 e. The summed E-state index contributed by atoms with van der Waals surface area (Å²) in [5.74, 6) is 0.709. The maximum atomic E-state index is 5.67. The molecule has 0 spiro atoms. The summed E-state index contributed by atoms with van der Waals surface area (Å²) in [7, 11) is 0. The van der Waals surface area contributed by atoms with E-state index < -0.39 is 0 Å². The molecule has 0 saturated carbocycles. The fraction of sp³-hybridized carbons (Fsp3) is 0.111. The van der Waals surface area contributed by atoms with Crippen LogP contribution in [0.2, 0.25) is 5.28 Å². The van der Waals surface area contributed by atoms with E-state index in [0.717, 1.165) is 10.7 Å². The molecule has 4 nitrogen and oxygen atoms in total. The molecule has 0 unspecified atom stereocenters. The Bertz CT molecular complexity index is 437. The molecule has 6 heteroatoms. The molecule has 0 atom stereocenters. The van der Waals surface area contributed by atoms with Crippen molar-refractivity contribution in [2.75, 3.05) is 0 Å². The molecule has 15 heavy (non-hydrogen) atoms. The topological polar surface area (TPSA) is 51.6 Å². The minimum absolute atomic E-state index is 0.271. The van der Waals surface area contributed by atoms with Gasteiger partial charge in [0.15, 0.2) is 0 Å². The Morgan fingerprint density at radius 2 is 2.13 bits per heavy atom. The monoisotopic (exact) mass is 238 g/mol. The number of thioether (sulfide) groups is 1. The first-order chi connectivity index (χ1) is 7.34. The lowest BCUT2D eigenvalue weighted by molar-refractivity contribution is 1.04. The van der Waals surface area contributed by atoms with E-state index >= 15 is 0 Å². The van der Waals surface area contributed by atoms with Crippen molar-refractivity contribution in [2.24, 2.45) is 0 Å². The van der Waals surface area contributed by atoms with E-state index in [9.17, 15) is 0 Å². The predicted octanol–water partition coefficient (Wildman–Crippen LogP) is 2.21. The van der Waals surface area contributed by atoms with Gasteiger partial charge in [0.1, 0.15) is 5.03 Å². The van der Waals surface area contributed by atoms with Crippen molar-refractivity contribution in [3.8, 4) is 0 Å². The summed E-state index contributed by atoms with van der Waals surface area (Å²) >= 11 is 7.23. The minimum atomic E-state index is 0.271. The smallest absolute Gasteiger partial charge is 0.222 e. The van der Waals surface area contributed by atoms with Gasteiger partial charge in [-0.1, -0.05) is 11.8 Å².